The van der Waals surface area contributed by atoms with E-state index in [-0.39, 0.29) is 0 Å². The Morgan fingerprint density at radius 3 is 0.919 bits per heavy atom. The molecule has 0 atom stereocenters. The van der Waals surface area contributed by atoms with Crippen molar-refractivity contribution in [1.29, 1.82) is 0 Å². The molecule has 0 N–H and O–H groups in total. The van der Waals surface area contributed by atoms with Crippen molar-refractivity contribution >= 4 is 184 Å². The number of furan rings is 4. The van der Waals surface area contributed by atoms with Crippen LogP contribution in [0.15, 0.2) is 249 Å². The third kappa shape index (κ3) is 6.15. The van der Waals surface area contributed by atoms with Gasteiger partial charge in [-0.2, -0.15) is 0 Å². The van der Waals surface area contributed by atoms with Gasteiger partial charge in [0.2, 0.25) is 0 Å². The van der Waals surface area contributed by atoms with Crippen LogP contribution in [-0.2, 0) is 0 Å². The smallest absolute Gasteiger partial charge is 0.188 e. The maximum absolute atomic E-state index is 5.99. The molecule has 0 aliphatic carbocycles. The van der Waals surface area contributed by atoms with E-state index in [4.69, 9.17) is 17.7 Å². The summed E-state index contributed by atoms with van der Waals surface area (Å²) >= 11 is 6.87. The van der Waals surface area contributed by atoms with Crippen molar-refractivity contribution in [3.63, 3.8) is 0 Å². The number of thiophene rings is 4. The third-order valence-electron chi connectivity index (χ3n) is 15.5. The van der Waals surface area contributed by atoms with Crippen LogP contribution >= 0.6 is 45.3 Å². The molecule has 0 aliphatic heterocycles. The zero-order valence-electron chi connectivity index (χ0n) is 39.2. The van der Waals surface area contributed by atoms with Gasteiger partial charge in [0.05, 0.1) is 25.1 Å². The van der Waals surface area contributed by atoms with E-state index in [0.29, 0.717) is 0 Å². The Hall–Kier alpha value is -7.81. The summed E-state index contributed by atoms with van der Waals surface area (Å²) in [6.45, 7) is 0. The minimum atomic E-state index is -3.07. The van der Waals surface area contributed by atoms with E-state index in [0.717, 1.165) is 41.1 Å². The first-order valence-electron chi connectivity index (χ1n) is 24.5. The molecule has 0 unspecified atom stereocenters. The summed E-state index contributed by atoms with van der Waals surface area (Å²) < 4.78 is 28.9. The highest BCUT2D eigenvalue weighted by molar-refractivity contribution is 7.27. The fourth-order valence-corrected chi connectivity index (χ4v) is 25.7. The number of hydrogen-bond donors (Lipinski definition) is 0. The summed E-state index contributed by atoms with van der Waals surface area (Å²) in [5, 5.41) is 20.2. The lowest BCUT2D eigenvalue weighted by atomic mass is 10.1. The van der Waals surface area contributed by atoms with Crippen molar-refractivity contribution in [2.24, 2.45) is 0 Å². The molecule has 74 heavy (non-hydrogen) atoms. The van der Waals surface area contributed by atoms with Gasteiger partial charge in [-0.25, -0.2) is 0 Å². The average Bonchev–Trinajstić information content (AvgIpc) is 4.34. The topological polar surface area (TPSA) is 52.6 Å². The summed E-state index contributed by atoms with van der Waals surface area (Å²) in [5.41, 5.74) is 2.35. The summed E-state index contributed by atoms with van der Waals surface area (Å²) in [4.78, 5) is 3.84. The molecule has 0 amide bonds. The van der Waals surface area contributed by atoms with Gasteiger partial charge in [-0.3, -0.25) is 0 Å². The fourth-order valence-electron chi connectivity index (χ4n) is 12.2. The highest BCUT2D eigenvalue weighted by Gasteiger charge is 2.44. The molecule has 0 radical (unpaired) electrons. The Balaban J connectivity index is 0.921. The van der Waals surface area contributed by atoms with E-state index in [1.165, 1.54) is 93.0 Å². The molecule has 16 rings (SSSR count). The molecule has 0 spiro atoms. The van der Waals surface area contributed by atoms with E-state index in [9.17, 15) is 0 Å². The average molecular weight is 1060 g/mol. The largest absolute Gasteiger partial charge is 0.454 e. The molecular formula is C64H38O4S4Si2. The Kier molecular flexibility index (Phi) is 9.43. The Morgan fingerprint density at radius 1 is 0.230 bits per heavy atom. The maximum atomic E-state index is 5.99. The molecule has 16 aromatic rings. The fraction of sp³-hybridized carbons (Fsp3) is 0. The molecule has 0 fully saturated rings. The number of rotatable bonds is 9. The first-order valence-corrected chi connectivity index (χ1v) is 31.8. The van der Waals surface area contributed by atoms with Crippen molar-refractivity contribution in [2.75, 3.05) is 0 Å². The Morgan fingerprint density at radius 2 is 0.541 bits per heavy atom. The first-order chi connectivity index (χ1) is 36.6. The monoisotopic (exact) mass is 1050 g/mol. The van der Waals surface area contributed by atoms with Gasteiger partial charge < -0.3 is 17.7 Å². The van der Waals surface area contributed by atoms with Gasteiger partial charge in [0, 0.05) is 61.9 Å². The minimum Gasteiger partial charge on any atom is -0.454 e. The number of benzene rings is 8. The maximum Gasteiger partial charge on any atom is 0.188 e. The number of hydrogen-bond acceptors (Lipinski definition) is 8. The van der Waals surface area contributed by atoms with Gasteiger partial charge >= 0.3 is 0 Å². The van der Waals surface area contributed by atoms with E-state index < -0.39 is 16.1 Å². The quantitative estimate of drug-likeness (QED) is 0.107. The standard InChI is InChI=1S/C64H38O4S4Si2/c1-3-9-41(10-4-1)73(45-18-22-57-53(35-45)49-26-30-65-61(49)69-57,46-19-23-58-54(36-46)50-27-31-66-62(50)70-58)43-16-14-39(15-17-43)40-8-7-13-44(34-40)74(42-11-5-2-6-12-42,47-20-24-59-55(37-47)51-28-32-67-63(51)71-59)48-21-25-60-56(38-48)52-29-33-68-64(52)72-60/h1-38H. The molecular weight excluding hydrogens is 1020 g/mol. The SMILES string of the molecule is c1ccc([Si](c2ccc(-c3cccc([Si](c4ccccc4)(c4ccc5sc6occc6c5c4)c4ccc5sc6occc6c5c4)c3)cc2)(c2ccc3sc4occc4c3c2)c2ccc3sc4occc4c3c2)cc1. The predicted molar refractivity (Wildman–Crippen MR) is 320 cm³/mol. The summed E-state index contributed by atoms with van der Waals surface area (Å²) in [7, 11) is -6.10. The van der Waals surface area contributed by atoms with Crippen LogP contribution in [0.4, 0.5) is 0 Å². The van der Waals surface area contributed by atoms with Crippen molar-refractivity contribution < 1.29 is 17.7 Å². The van der Waals surface area contributed by atoms with Crippen LogP contribution in [0.2, 0.25) is 0 Å². The molecule has 350 valence electrons. The summed E-state index contributed by atoms with van der Waals surface area (Å²) in [6.07, 6.45) is 7.27. The molecule has 8 aromatic carbocycles. The van der Waals surface area contributed by atoms with Crippen LogP contribution in [0.1, 0.15) is 0 Å². The van der Waals surface area contributed by atoms with Crippen molar-refractivity contribution in [3.05, 3.63) is 231 Å². The second-order valence-corrected chi connectivity index (χ2v) is 30.8. The molecule has 0 saturated heterocycles. The van der Waals surface area contributed by atoms with Crippen LogP contribution in [-0.4, -0.2) is 16.1 Å². The normalized spacial score (nSPS) is 12.6. The van der Waals surface area contributed by atoms with Gasteiger partial charge in [0.15, 0.2) is 35.7 Å². The van der Waals surface area contributed by atoms with Crippen LogP contribution < -0.4 is 41.5 Å². The first kappa shape index (κ1) is 42.7. The van der Waals surface area contributed by atoms with Crippen LogP contribution in [0, 0.1) is 0 Å². The van der Waals surface area contributed by atoms with Crippen LogP contribution in [0.3, 0.4) is 0 Å². The second kappa shape index (κ2) is 16.3. The van der Waals surface area contributed by atoms with E-state index in [1.54, 1.807) is 45.3 Å². The van der Waals surface area contributed by atoms with Crippen LogP contribution in [0.25, 0.3) is 92.6 Å². The van der Waals surface area contributed by atoms with Gasteiger partial charge in [0.25, 0.3) is 0 Å². The molecule has 0 bridgehead atoms. The lowest BCUT2D eigenvalue weighted by Gasteiger charge is -2.35. The van der Waals surface area contributed by atoms with E-state index in [1.807, 2.05) is 25.1 Å². The van der Waals surface area contributed by atoms with E-state index >= 15 is 0 Å². The second-order valence-electron chi connectivity index (χ2n) is 19.1. The molecule has 4 nitrogen and oxygen atoms in total. The molecule has 10 heteroatoms. The minimum absolute atomic E-state index is 0.959. The zero-order chi connectivity index (χ0) is 48.5. The predicted octanol–water partition coefficient (Wildman–Crippen LogP) is 14.0. The van der Waals surface area contributed by atoms with Crippen molar-refractivity contribution in [2.45, 2.75) is 0 Å². The number of fused-ring (bicyclic) bond motifs is 12. The lowest BCUT2D eigenvalue weighted by Crippen LogP contribution is -2.74. The van der Waals surface area contributed by atoms with E-state index in [2.05, 4.69) is 206 Å². The zero-order valence-corrected chi connectivity index (χ0v) is 44.5. The molecule has 8 aromatic heterocycles. The third-order valence-corrected chi connectivity index (χ3v) is 29.3. The van der Waals surface area contributed by atoms with Gasteiger partial charge in [-0.05, 0) is 101 Å². The van der Waals surface area contributed by atoms with Gasteiger partial charge in [-0.15, -0.1) is 0 Å². The summed E-state index contributed by atoms with van der Waals surface area (Å²) in [6, 6.07) is 78.8. The Labute approximate surface area is 441 Å². The highest BCUT2D eigenvalue weighted by Crippen LogP contribution is 2.39. The lowest BCUT2D eigenvalue weighted by molar-refractivity contribution is 0.623. The van der Waals surface area contributed by atoms with Crippen molar-refractivity contribution in [1.82, 2.24) is 0 Å². The summed E-state index contributed by atoms with van der Waals surface area (Å²) in [5.74, 6) is 0. The van der Waals surface area contributed by atoms with Gasteiger partial charge in [-0.1, -0.05) is 203 Å². The highest BCUT2D eigenvalue weighted by atomic mass is 32.1. The van der Waals surface area contributed by atoms with Crippen molar-refractivity contribution in [3.8, 4) is 11.1 Å². The van der Waals surface area contributed by atoms with Crippen LogP contribution in [0.5, 0.6) is 0 Å². The molecule has 0 aliphatic rings. The van der Waals surface area contributed by atoms with Gasteiger partial charge in [0.1, 0.15) is 0 Å². The Bertz CT molecular complexity index is 4600. The molecule has 8 heterocycles. The molecule has 0 saturated carbocycles.